The Labute approximate surface area is 139 Å². The maximum atomic E-state index is 9.64. The molecule has 1 N–H and O–H groups in total. The quantitative estimate of drug-likeness (QED) is 0.890. The molecule has 2 nitrogen and oxygen atoms in total. The molecule has 2 aliphatic rings. The van der Waals surface area contributed by atoms with Crippen LogP contribution in [0.4, 0.5) is 0 Å². The minimum absolute atomic E-state index is 0.133. The lowest BCUT2D eigenvalue weighted by molar-refractivity contribution is 0.177. The predicted octanol–water partition coefficient (Wildman–Crippen LogP) is 3.97. The molecule has 0 unspecified atom stereocenters. The van der Waals surface area contributed by atoms with Crippen molar-refractivity contribution in [1.82, 2.24) is 4.90 Å². The maximum absolute atomic E-state index is 9.64. The van der Waals surface area contributed by atoms with Crippen molar-refractivity contribution in [1.29, 1.82) is 0 Å². The van der Waals surface area contributed by atoms with E-state index in [1.807, 2.05) is 0 Å². The lowest BCUT2D eigenvalue weighted by atomic mass is 9.96. The SMILES string of the molecule is O[C@H]1CCN(CC/C=C(\C2=CCC=CC=C2)c2ccccc2)C1. The first-order valence-corrected chi connectivity index (χ1v) is 8.52. The first kappa shape index (κ1) is 16.0. The van der Waals surface area contributed by atoms with Crippen LogP contribution in [0.2, 0.25) is 0 Å². The number of rotatable bonds is 5. The Morgan fingerprint density at radius 1 is 1.22 bits per heavy atom. The summed E-state index contributed by atoms with van der Waals surface area (Å²) in [6, 6.07) is 10.6. The summed E-state index contributed by atoms with van der Waals surface area (Å²) in [5.74, 6) is 0. The molecule has 1 heterocycles. The minimum Gasteiger partial charge on any atom is -0.392 e. The monoisotopic (exact) mass is 307 g/mol. The third kappa shape index (κ3) is 4.54. The van der Waals surface area contributed by atoms with E-state index in [2.05, 4.69) is 71.7 Å². The summed E-state index contributed by atoms with van der Waals surface area (Å²) < 4.78 is 0. The average Bonchev–Trinajstić information content (AvgIpc) is 2.83. The molecule has 0 spiro atoms. The molecule has 1 saturated heterocycles. The topological polar surface area (TPSA) is 23.5 Å². The Hall–Kier alpha value is -1.90. The number of aliphatic hydroxyl groups is 1. The lowest BCUT2D eigenvalue weighted by Gasteiger charge is -2.15. The first-order valence-electron chi connectivity index (χ1n) is 8.52. The van der Waals surface area contributed by atoms with Gasteiger partial charge in [0.15, 0.2) is 0 Å². The van der Waals surface area contributed by atoms with E-state index in [4.69, 9.17) is 0 Å². The van der Waals surface area contributed by atoms with Crippen LogP contribution in [0.1, 0.15) is 24.8 Å². The Balaban J connectivity index is 1.75. The number of aliphatic hydroxyl groups excluding tert-OH is 1. The fourth-order valence-corrected chi connectivity index (χ4v) is 3.21. The van der Waals surface area contributed by atoms with Crippen LogP contribution < -0.4 is 0 Å². The molecule has 0 amide bonds. The van der Waals surface area contributed by atoms with Gasteiger partial charge in [-0.1, -0.05) is 66.8 Å². The number of likely N-dealkylation sites (tertiary alicyclic amines) is 1. The summed E-state index contributed by atoms with van der Waals surface area (Å²) >= 11 is 0. The minimum atomic E-state index is -0.133. The van der Waals surface area contributed by atoms with Gasteiger partial charge in [0.05, 0.1) is 6.10 Å². The average molecular weight is 307 g/mol. The number of hydrogen-bond acceptors (Lipinski definition) is 2. The highest BCUT2D eigenvalue weighted by Crippen LogP contribution is 2.26. The summed E-state index contributed by atoms with van der Waals surface area (Å²) in [4.78, 5) is 2.35. The molecule has 2 heteroatoms. The van der Waals surface area contributed by atoms with E-state index < -0.39 is 0 Å². The Morgan fingerprint density at radius 3 is 2.87 bits per heavy atom. The highest BCUT2D eigenvalue weighted by molar-refractivity contribution is 5.82. The third-order valence-electron chi connectivity index (χ3n) is 4.43. The van der Waals surface area contributed by atoms with Gasteiger partial charge in [0.1, 0.15) is 0 Å². The standard InChI is InChI=1S/C21H25NO/c23-20-14-16-22(17-20)15-8-13-21(19-11-6-3-7-12-19)18-9-4-1-2-5-10-18/h1-4,6-7,9-13,20,23H,5,8,14-17H2/b21-13+/t20-/m0/s1. The normalized spacial score (nSPS) is 22.2. The molecule has 0 bridgehead atoms. The van der Waals surface area contributed by atoms with Crippen molar-refractivity contribution >= 4 is 5.57 Å². The van der Waals surface area contributed by atoms with Crippen molar-refractivity contribution in [2.45, 2.75) is 25.4 Å². The Kier molecular flexibility index (Phi) is 5.62. The molecule has 1 aromatic carbocycles. The predicted molar refractivity (Wildman–Crippen MR) is 97.1 cm³/mol. The van der Waals surface area contributed by atoms with Crippen LogP contribution in [0, 0.1) is 0 Å². The van der Waals surface area contributed by atoms with Crippen LogP contribution in [-0.4, -0.2) is 35.7 Å². The molecule has 0 saturated carbocycles. The third-order valence-corrected chi connectivity index (χ3v) is 4.43. The second kappa shape index (κ2) is 8.09. The number of β-amino-alcohol motifs (C(OH)–C–C–N with tert-alkyl or cyclic N) is 1. The summed E-state index contributed by atoms with van der Waals surface area (Å²) in [5, 5.41) is 9.64. The smallest absolute Gasteiger partial charge is 0.0679 e. The molecule has 1 fully saturated rings. The molecule has 1 aliphatic carbocycles. The summed E-state index contributed by atoms with van der Waals surface area (Å²) in [6.07, 6.45) is 16.0. The summed E-state index contributed by atoms with van der Waals surface area (Å²) in [7, 11) is 0. The molecule has 1 atom stereocenters. The molecule has 23 heavy (non-hydrogen) atoms. The molecule has 1 aromatic rings. The fraction of sp³-hybridized carbons (Fsp3) is 0.333. The van der Waals surface area contributed by atoms with Gasteiger partial charge < -0.3 is 10.0 Å². The van der Waals surface area contributed by atoms with Crippen LogP contribution in [-0.2, 0) is 0 Å². The molecular weight excluding hydrogens is 282 g/mol. The number of benzene rings is 1. The molecular formula is C21H25NO. The van der Waals surface area contributed by atoms with E-state index >= 15 is 0 Å². The van der Waals surface area contributed by atoms with Crippen LogP contribution >= 0.6 is 0 Å². The summed E-state index contributed by atoms with van der Waals surface area (Å²) in [5.41, 5.74) is 3.87. The molecule has 3 rings (SSSR count). The largest absolute Gasteiger partial charge is 0.392 e. The lowest BCUT2D eigenvalue weighted by Crippen LogP contribution is -2.22. The van der Waals surface area contributed by atoms with Gasteiger partial charge in [-0.05, 0) is 36.0 Å². The van der Waals surface area contributed by atoms with Gasteiger partial charge >= 0.3 is 0 Å². The zero-order chi connectivity index (χ0) is 15.9. The van der Waals surface area contributed by atoms with Crippen molar-refractivity contribution in [2.24, 2.45) is 0 Å². The highest BCUT2D eigenvalue weighted by Gasteiger charge is 2.19. The highest BCUT2D eigenvalue weighted by atomic mass is 16.3. The Morgan fingerprint density at radius 2 is 2.09 bits per heavy atom. The number of hydrogen-bond donors (Lipinski definition) is 1. The zero-order valence-electron chi connectivity index (χ0n) is 13.6. The van der Waals surface area contributed by atoms with Gasteiger partial charge in [-0.3, -0.25) is 0 Å². The van der Waals surface area contributed by atoms with Crippen LogP contribution in [0.25, 0.3) is 5.57 Å². The van der Waals surface area contributed by atoms with Crippen molar-refractivity contribution in [3.8, 4) is 0 Å². The second-order valence-corrected chi connectivity index (χ2v) is 6.20. The summed E-state index contributed by atoms with van der Waals surface area (Å²) in [6.45, 7) is 2.85. The molecule has 0 aromatic heterocycles. The van der Waals surface area contributed by atoms with E-state index in [0.29, 0.717) is 0 Å². The van der Waals surface area contributed by atoms with Gasteiger partial charge in [-0.15, -0.1) is 0 Å². The van der Waals surface area contributed by atoms with Gasteiger partial charge in [0.25, 0.3) is 0 Å². The van der Waals surface area contributed by atoms with Crippen LogP contribution in [0.5, 0.6) is 0 Å². The van der Waals surface area contributed by atoms with E-state index in [1.54, 1.807) is 0 Å². The van der Waals surface area contributed by atoms with E-state index in [-0.39, 0.29) is 6.10 Å². The van der Waals surface area contributed by atoms with E-state index in [9.17, 15) is 5.11 Å². The van der Waals surface area contributed by atoms with Gasteiger partial charge in [0.2, 0.25) is 0 Å². The maximum Gasteiger partial charge on any atom is 0.0679 e. The van der Waals surface area contributed by atoms with Crippen molar-refractivity contribution in [3.63, 3.8) is 0 Å². The van der Waals surface area contributed by atoms with Crippen molar-refractivity contribution < 1.29 is 5.11 Å². The number of nitrogens with zero attached hydrogens (tertiary/aromatic N) is 1. The molecule has 120 valence electrons. The van der Waals surface area contributed by atoms with Gasteiger partial charge in [-0.2, -0.15) is 0 Å². The van der Waals surface area contributed by atoms with E-state index in [0.717, 1.165) is 38.9 Å². The van der Waals surface area contributed by atoms with Crippen molar-refractivity contribution in [3.05, 3.63) is 77.9 Å². The fourth-order valence-electron chi connectivity index (χ4n) is 3.21. The Bertz CT molecular complexity index is 625. The van der Waals surface area contributed by atoms with Crippen LogP contribution in [0.15, 0.2) is 72.4 Å². The second-order valence-electron chi connectivity index (χ2n) is 6.20. The van der Waals surface area contributed by atoms with Gasteiger partial charge in [0, 0.05) is 19.6 Å². The zero-order valence-corrected chi connectivity index (χ0v) is 13.6. The molecule has 0 radical (unpaired) electrons. The first-order chi connectivity index (χ1) is 11.3. The molecule has 1 aliphatic heterocycles. The van der Waals surface area contributed by atoms with Crippen LogP contribution in [0.3, 0.4) is 0 Å². The number of allylic oxidation sites excluding steroid dienone is 7. The van der Waals surface area contributed by atoms with Crippen molar-refractivity contribution in [2.75, 3.05) is 19.6 Å². The van der Waals surface area contributed by atoms with E-state index in [1.165, 1.54) is 16.7 Å². The van der Waals surface area contributed by atoms with Gasteiger partial charge in [-0.25, -0.2) is 0 Å².